The highest BCUT2D eigenvalue weighted by atomic mass is 32.2. The zero-order chi connectivity index (χ0) is 9.31. The Balaban J connectivity index is 2.37. The zero-order valence-electron chi connectivity index (χ0n) is 7.32. The molecule has 3 nitrogen and oxygen atoms in total. The standard InChI is InChI=1S/C9H9N3S/c1-13-8-4-7(11-6-12-8)9(5-10)2-3-9/h4,6H,2-3H2,1H3. The summed E-state index contributed by atoms with van der Waals surface area (Å²) in [5.74, 6) is 0. The van der Waals surface area contributed by atoms with Gasteiger partial charge in [0.05, 0.1) is 22.2 Å². The number of nitrogens with zero attached hydrogens (tertiary/aromatic N) is 3. The van der Waals surface area contributed by atoms with Crippen molar-refractivity contribution in [2.75, 3.05) is 6.26 Å². The van der Waals surface area contributed by atoms with Crippen molar-refractivity contribution in [3.63, 3.8) is 0 Å². The molecule has 1 aromatic rings. The molecule has 0 spiro atoms. The van der Waals surface area contributed by atoms with Crippen molar-refractivity contribution in [1.29, 1.82) is 5.26 Å². The Kier molecular flexibility index (Phi) is 1.97. The van der Waals surface area contributed by atoms with E-state index in [1.165, 1.54) is 0 Å². The second-order valence-electron chi connectivity index (χ2n) is 3.14. The fourth-order valence-electron chi connectivity index (χ4n) is 1.26. The van der Waals surface area contributed by atoms with Crippen molar-refractivity contribution in [1.82, 2.24) is 9.97 Å². The van der Waals surface area contributed by atoms with Gasteiger partial charge in [0.25, 0.3) is 0 Å². The maximum Gasteiger partial charge on any atom is 0.117 e. The predicted molar refractivity (Wildman–Crippen MR) is 50.3 cm³/mol. The van der Waals surface area contributed by atoms with E-state index in [1.54, 1.807) is 18.1 Å². The fraction of sp³-hybridized carbons (Fsp3) is 0.444. The lowest BCUT2D eigenvalue weighted by molar-refractivity contribution is 0.824. The van der Waals surface area contributed by atoms with Crippen LogP contribution in [0.25, 0.3) is 0 Å². The summed E-state index contributed by atoms with van der Waals surface area (Å²) in [5, 5.41) is 9.89. The van der Waals surface area contributed by atoms with E-state index in [9.17, 15) is 0 Å². The lowest BCUT2D eigenvalue weighted by Gasteiger charge is -2.04. The third-order valence-electron chi connectivity index (χ3n) is 2.31. The van der Waals surface area contributed by atoms with Crippen molar-refractivity contribution in [3.8, 4) is 6.07 Å². The Labute approximate surface area is 81.2 Å². The summed E-state index contributed by atoms with van der Waals surface area (Å²) in [6, 6.07) is 4.24. The monoisotopic (exact) mass is 191 g/mol. The van der Waals surface area contributed by atoms with Crippen LogP contribution in [-0.2, 0) is 5.41 Å². The van der Waals surface area contributed by atoms with E-state index >= 15 is 0 Å². The molecule has 0 radical (unpaired) electrons. The third-order valence-corrected chi connectivity index (χ3v) is 2.95. The lowest BCUT2D eigenvalue weighted by Crippen LogP contribution is -2.05. The van der Waals surface area contributed by atoms with Gasteiger partial charge in [-0.05, 0) is 25.2 Å². The van der Waals surface area contributed by atoms with Gasteiger partial charge in [0, 0.05) is 0 Å². The van der Waals surface area contributed by atoms with E-state index in [0.29, 0.717) is 0 Å². The SMILES string of the molecule is CSc1cc(C2(C#N)CC2)ncn1. The largest absolute Gasteiger partial charge is 0.240 e. The molecule has 1 heterocycles. The van der Waals surface area contributed by atoms with Gasteiger partial charge in [0.2, 0.25) is 0 Å². The molecule has 66 valence electrons. The van der Waals surface area contributed by atoms with Crippen LogP contribution in [0.4, 0.5) is 0 Å². The third kappa shape index (κ3) is 1.40. The van der Waals surface area contributed by atoms with Crippen molar-refractivity contribution < 1.29 is 0 Å². The summed E-state index contributed by atoms with van der Waals surface area (Å²) < 4.78 is 0. The predicted octanol–water partition coefficient (Wildman–Crippen LogP) is 1.75. The van der Waals surface area contributed by atoms with Gasteiger partial charge >= 0.3 is 0 Å². The number of thioether (sulfide) groups is 1. The van der Waals surface area contributed by atoms with E-state index in [4.69, 9.17) is 5.26 Å². The Hall–Kier alpha value is -1.08. The van der Waals surface area contributed by atoms with Gasteiger partial charge in [-0.1, -0.05) is 0 Å². The first-order chi connectivity index (χ1) is 6.30. The van der Waals surface area contributed by atoms with Crippen LogP contribution in [0, 0.1) is 11.3 Å². The van der Waals surface area contributed by atoms with E-state index in [1.807, 2.05) is 12.3 Å². The van der Waals surface area contributed by atoms with Gasteiger partial charge in [-0.3, -0.25) is 0 Å². The Morgan fingerprint density at radius 1 is 1.54 bits per heavy atom. The lowest BCUT2D eigenvalue weighted by atomic mass is 10.1. The first-order valence-electron chi connectivity index (χ1n) is 4.08. The molecule has 4 heteroatoms. The van der Waals surface area contributed by atoms with Crippen LogP contribution >= 0.6 is 11.8 Å². The summed E-state index contributed by atoms with van der Waals surface area (Å²) in [4.78, 5) is 8.22. The second kappa shape index (κ2) is 3.00. The minimum Gasteiger partial charge on any atom is -0.240 e. The normalized spacial score (nSPS) is 17.8. The molecule has 0 amide bonds. The van der Waals surface area contributed by atoms with Crippen LogP contribution in [0.3, 0.4) is 0 Å². The molecular formula is C9H9N3S. The van der Waals surface area contributed by atoms with Crippen LogP contribution in [-0.4, -0.2) is 16.2 Å². The van der Waals surface area contributed by atoms with Crippen LogP contribution < -0.4 is 0 Å². The van der Waals surface area contributed by atoms with Crippen molar-refractivity contribution >= 4 is 11.8 Å². The molecule has 0 N–H and O–H groups in total. The van der Waals surface area contributed by atoms with Gasteiger partial charge in [-0.2, -0.15) is 5.26 Å². The summed E-state index contributed by atoms with van der Waals surface area (Å²) >= 11 is 1.58. The summed E-state index contributed by atoms with van der Waals surface area (Å²) in [6.07, 6.45) is 5.39. The maximum atomic E-state index is 8.96. The van der Waals surface area contributed by atoms with E-state index < -0.39 is 0 Å². The Morgan fingerprint density at radius 3 is 2.85 bits per heavy atom. The molecule has 0 bridgehead atoms. The van der Waals surface area contributed by atoms with Crippen LogP contribution in [0.15, 0.2) is 17.4 Å². The molecule has 1 aliphatic rings. The number of hydrogen-bond donors (Lipinski definition) is 0. The Bertz CT molecular complexity index is 365. The van der Waals surface area contributed by atoms with Crippen LogP contribution in [0.5, 0.6) is 0 Å². The highest BCUT2D eigenvalue weighted by Crippen LogP contribution is 2.46. The molecule has 1 aliphatic carbocycles. The van der Waals surface area contributed by atoms with Crippen molar-refractivity contribution in [3.05, 3.63) is 18.1 Å². The van der Waals surface area contributed by atoms with Crippen LogP contribution in [0.2, 0.25) is 0 Å². The molecule has 1 fully saturated rings. The molecule has 0 aliphatic heterocycles. The van der Waals surface area contributed by atoms with Gasteiger partial charge < -0.3 is 0 Å². The second-order valence-corrected chi connectivity index (χ2v) is 3.97. The summed E-state index contributed by atoms with van der Waals surface area (Å²) in [6.45, 7) is 0. The highest BCUT2D eigenvalue weighted by Gasteiger charge is 2.46. The molecule has 2 rings (SSSR count). The van der Waals surface area contributed by atoms with E-state index in [-0.39, 0.29) is 5.41 Å². The first kappa shape index (κ1) is 8.52. The number of hydrogen-bond acceptors (Lipinski definition) is 4. The molecule has 13 heavy (non-hydrogen) atoms. The average molecular weight is 191 g/mol. The quantitative estimate of drug-likeness (QED) is 0.528. The average Bonchev–Trinajstić information content (AvgIpc) is 2.99. The van der Waals surface area contributed by atoms with Gasteiger partial charge in [-0.15, -0.1) is 11.8 Å². The number of aromatic nitrogens is 2. The Morgan fingerprint density at radius 2 is 2.31 bits per heavy atom. The van der Waals surface area contributed by atoms with Gasteiger partial charge in [-0.25, -0.2) is 9.97 Å². The van der Waals surface area contributed by atoms with Crippen molar-refractivity contribution in [2.45, 2.75) is 23.3 Å². The number of nitriles is 1. The van der Waals surface area contributed by atoms with Crippen LogP contribution in [0.1, 0.15) is 18.5 Å². The summed E-state index contributed by atoms with van der Waals surface area (Å²) in [7, 11) is 0. The van der Waals surface area contributed by atoms with E-state index in [2.05, 4.69) is 16.0 Å². The topological polar surface area (TPSA) is 49.6 Å². The zero-order valence-corrected chi connectivity index (χ0v) is 8.14. The van der Waals surface area contributed by atoms with Crippen molar-refractivity contribution in [2.24, 2.45) is 0 Å². The maximum absolute atomic E-state index is 8.96. The summed E-state index contributed by atoms with van der Waals surface area (Å²) in [5.41, 5.74) is 0.599. The minimum absolute atomic E-state index is 0.284. The number of rotatable bonds is 2. The molecule has 0 aromatic carbocycles. The molecule has 1 saturated carbocycles. The molecule has 0 atom stereocenters. The van der Waals surface area contributed by atoms with Gasteiger partial charge in [0.1, 0.15) is 6.33 Å². The molecular weight excluding hydrogens is 182 g/mol. The smallest absolute Gasteiger partial charge is 0.117 e. The molecule has 0 unspecified atom stereocenters. The molecule has 0 saturated heterocycles. The molecule has 1 aromatic heterocycles. The van der Waals surface area contributed by atoms with E-state index in [0.717, 1.165) is 23.6 Å². The minimum atomic E-state index is -0.284. The highest BCUT2D eigenvalue weighted by molar-refractivity contribution is 7.98. The van der Waals surface area contributed by atoms with Gasteiger partial charge in [0.15, 0.2) is 0 Å². The first-order valence-corrected chi connectivity index (χ1v) is 5.31. The fourth-order valence-corrected chi connectivity index (χ4v) is 1.65.